The van der Waals surface area contributed by atoms with E-state index in [1.54, 1.807) is 0 Å². The summed E-state index contributed by atoms with van der Waals surface area (Å²) in [5.41, 5.74) is 2.12. The van der Waals surface area contributed by atoms with Gasteiger partial charge in [0, 0.05) is 23.6 Å². The van der Waals surface area contributed by atoms with E-state index in [2.05, 4.69) is 4.98 Å². The van der Waals surface area contributed by atoms with Crippen molar-refractivity contribution < 1.29 is 13.9 Å². The fourth-order valence-corrected chi connectivity index (χ4v) is 2.42. The van der Waals surface area contributed by atoms with E-state index in [0.29, 0.717) is 30.2 Å². The van der Waals surface area contributed by atoms with Gasteiger partial charge in [-0.1, -0.05) is 0 Å². The Morgan fingerprint density at radius 1 is 1.31 bits per heavy atom. The van der Waals surface area contributed by atoms with Gasteiger partial charge in [-0.15, -0.1) is 0 Å². The molecule has 0 aliphatic heterocycles. The zero-order chi connectivity index (χ0) is 11.3. The largest absolute Gasteiger partial charge is 0.393 e. The van der Waals surface area contributed by atoms with Gasteiger partial charge in [-0.3, -0.25) is 0 Å². The molecule has 0 spiro atoms. The van der Waals surface area contributed by atoms with E-state index in [4.69, 9.17) is 0 Å². The van der Waals surface area contributed by atoms with Gasteiger partial charge in [-0.2, -0.15) is 0 Å². The quantitative estimate of drug-likeness (QED) is 0.706. The summed E-state index contributed by atoms with van der Waals surface area (Å²) in [6.45, 7) is 0. The van der Waals surface area contributed by atoms with E-state index in [0.717, 1.165) is 17.3 Å². The first-order valence-corrected chi connectivity index (χ1v) is 5.31. The number of benzene rings is 1. The Kier molecular flexibility index (Phi) is 2.01. The lowest BCUT2D eigenvalue weighted by Crippen LogP contribution is -2.17. The van der Waals surface area contributed by atoms with Gasteiger partial charge in [-0.25, -0.2) is 8.78 Å². The number of nitrogens with one attached hydrogen (secondary N) is 1. The summed E-state index contributed by atoms with van der Waals surface area (Å²) in [7, 11) is 0. The zero-order valence-electron chi connectivity index (χ0n) is 8.56. The molecule has 3 rings (SSSR count). The van der Waals surface area contributed by atoms with Crippen molar-refractivity contribution in [2.75, 3.05) is 0 Å². The molecule has 1 atom stereocenters. The standard InChI is InChI=1S/C12H11F2NO/c13-6-3-9-8-5-7(16)1-2-11(8)15-12(9)10(14)4-6/h3-4,7,15-16H,1-2,5H2. The highest BCUT2D eigenvalue weighted by Crippen LogP contribution is 2.31. The van der Waals surface area contributed by atoms with Crippen LogP contribution in [0.25, 0.3) is 10.9 Å². The highest BCUT2D eigenvalue weighted by atomic mass is 19.1. The monoisotopic (exact) mass is 223 g/mol. The Balaban J connectivity index is 2.30. The predicted octanol–water partition coefficient (Wildman–Crippen LogP) is 2.30. The van der Waals surface area contributed by atoms with Crippen LogP contribution in [-0.4, -0.2) is 16.2 Å². The molecule has 1 aromatic carbocycles. The second-order valence-electron chi connectivity index (χ2n) is 4.29. The van der Waals surface area contributed by atoms with E-state index >= 15 is 0 Å². The van der Waals surface area contributed by atoms with Crippen molar-refractivity contribution in [3.8, 4) is 0 Å². The molecule has 2 aromatic rings. The molecule has 84 valence electrons. The second kappa shape index (κ2) is 3.28. The van der Waals surface area contributed by atoms with Crippen LogP contribution in [0.1, 0.15) is 17.7 Å². The maximum atomic E-state index is 13.5. The van der Waals surface area contributed by atoms with Crippen LogP contribution >= 0.6 is 0 Å². The number of aliphatic hydroxyl groups excluding tert-OH is 1. The molecule has 16 heavy (non-hydrogen) atoms. The molecule has 0 bridgehead atoms. The van der Waals surface area contributed by atoms with E-state index in [1.807, 2.05) is 0 Å². The molecule has 1 aromatic heterocycles. The molecule has 0 radical (unpaired) electrons. The molecule has 1 aliphatic carbocycles. The molecule has 1 heterocycles. The smallest absolute Gasteiger partial charge is 0.150 e. The van der Waals surface area contributed by atoms with Crippen LogP contribution in [0.2, 0.25) is 0 Å². The molecule has 1 unspecified atom stereocenters. The first-order chi connectivity index (χ1) is 7.65. The van der Waals surface area contributed by atoms with Crippen molar-refractivity contribution >= 4 is 10.9 Å². The fourth-order valence-electron chi connectivity index (χ4n) is 2.42. The molecular weight excluding hydrogens is 212 g/mol. The van der Waals surface area contributed by atoms with Crippen LogP contribution in [0.4, 0.5) is 8.78 Å². The van der Waals surface area contributed by atoms with Gasteiger partial charge in [0.25, 0.3) is 0 Å². The topological polar surface area (TPSA) is 36.0 Å². The fraction of sp³-hybridized carbons (Fsp3) is 0.333. The minimum absolute atomic E-state index is 0.348. The van der Waals surface area contributed by atoms with Crippen molar-refractivity contribution in [3.05, 3.63) is 35.0 Å². The average molecular weight is 223 g/mol. The third-order valence-corrected chi connectivity index (χ3v) is 3.19. The number of rotatable bonds is 0. The van der Waals surface area contributed by atoms with Gasteiger partial charge >= 0.3 is 0 Å². The van der Waals surface area contributed by atoms with Gasteiger partial charge in [-0.05, 0) is 24.5 Å². The number of H-pyrrole nitrogens is 1. The first kappa shape index (κ1) is 9.78. The predicted molar refractivity (Wildman–Crippen MR) is 56.2 cm³/mol. The number of hydrogen-bond acceptors (Lipinski definition) is 1. The third kappa shape index (κ3) is 1.33. The summed E-state index contributed by atoms with van der Waals surface area (Å²) in [6.07, 6.45) is 1.42. The Morgan fingerprint density at radius 3 is 2.94 bits per heavy atom. The van der Waals surface area contributed by atoms with E-state index in [-0.39, 0.29) is 0 Å². The Hall–Kier alpha value is -1.42. The van der Waals surface area contributed by atoms with Crippen molar-refractivity contribution in [1.29, 1.82) is 0 Å². The number of aliphatic hydroxyl groups is 1. The lowest BCUT2D eigenvalue weighted by Gasteiger charge is -2.17. The SMILES string of the molecule is OC1CCc2[nH]c3c(F)cc(F)cc3c2C1. The van der Waals surface area contributed by atoms with Crippen molar-refractivity contribution in [3.63, 3.8) is 0 Å². The number of aromatic amines is 1. The summed E-state index contributed by atoms with van der Waals surface area (Å²) in [4.78, 5) is 2.98. The van der Waals surface area contributed by atoms with Crippen LogP contribution in [0, 0.1) is 11.6 Å². The maximum Gasteiger partial charge on any atom is 0.150 e. The molecule has 0 fully saturated rings. The summed E-state index contributed by atoms with van der Waals surface area (Å²) in [6, 6.07) is 2.20. The van der Waals surface area contributed by atoms with Gasteiger partial charge in [0.2, 0.25) is 0 Å². The first-order valence-electron chi connectivity index (χ1n) is 5.31. The number of halogens is 2. The molecule has 2 nitrogen and oxygen atoms in total. The minimum atomic E-state index is -0.577. The van der Waals surface area contributed by atoms with Crippen molar-refractivity contribution in [2.45, 2.75) is 25.4 Å². The van der Waals surface area contributed by atoms with Crippen LogP contribution in [-0.2, 0) is 12.8 Å². The molecule has 2 N–H and O–H groups in total. The van der Waals surface area contributed by atoms with Crippen LogP contribution < -0.4 is 0 Å². The third-order valence-electron chi connectivity index (χ3n) is 3.19. The molecular formula is C12H11F2NO. The summed E-state index contributed by atoms with van der Waals surface area (Å²) in [5.74, 6) is -1.15. The van der Waals surface area contributed by atoms with Crippen molar-refractivity contribution in [1.82, 2.24) is 4.98 Å². The van der Waals surface area contributed by atoms with Gasteiger partial charge in [0.15, 0.2) is 0 Å². The Morgan fingerprint density at radius 2 is 2.12 bits per heavy atom. The minimum Gasteiger partial charge on any atom is -0.393 e. The summed E-state index contributed by atoms with van der Waals surface area (Å²) < 4.78 is 26.6. The molecule has 1 aliphatic rings. The van der Waals surface area contributed by atoms with E-state index in [1.165, 1.54) is 6.07 Å². The Bertz CT molecular complexity index is 562. The highest BCUT2D eigenvalue weighted by Gasteiger charge is 2.22. The lowest BCUT2D eigenvalue weighted by atomic mass is 9.93. The molecule has 0 saturated heterocycles. The lowest BCUT2D eigenvalue weighted by molar-refractivity contribution is 0.158. The molecule has 4 heteroatoms. The van der Waals surface area contributed by atoms with Crippen molar-refractivity contribution in [2.24, 2.45) is 0 Å². The summed E-state index contributed by atoms with van der Waals surface area (Å²) >= 11 is 0. The maximum absolute atomic E-state index is 13.5. The number of fused-ring (bicyclic) bond motifs is 3. The second-order valence-corrected chi connectivity index (χ2v) is 4.29. The van der Waals surface area contributed by atoms with Gasteiger partial charge in [0.1, 0.15) is 11.6 Å². The summed E-state index contributed by atoms with van der Waals surface area (Å²) in [5, 5.41) is 10.1. The van der Waals surface area contributed by atoms with Crippen LogP contribution in [0.15, 0.2) is 12.1 Å². The highest BCUT2D eigenvalue weighted by molar-refractivity contribution is 5.85. The van der Waals surface area contributed by atoms with Crippen LogP contribution in [0.3, 0.4) is 0 Å². The zero-order valence-corrected chi connectivity index (χ0v) is 8.56. The van der Waals surface area contributed by atoms with Gasteiger partial charge < -0.3 is 10.1 Å². The molecule has 0 saturated carbocycles. The molecule has 0 amide bonds. The number of aromatic nitrogens is 1. The van der Waals surface area contributed by atoms with Gasteiger partial charge in [0.05, 0.1) is 11.6 Å². The number of hydrogen-bond donors (Lipinski definition) is 2. The van der Waals surface area contributed by atoms with E-state index < -0.39 is 17.7 Å². The normalized spacial score (nSPS) is 20.1. The average Bonchev–Trinajstić information content (AvgIpc) is 2.57. The van der Waals surface area contributed by atoms with E-state index in [9.17, 15) is 13.9 Å². The van der Waals surface area contributed by atoms with Crippen LogP contribution in [0.5, 0.6) is 0 Å². The Labute approximate surface area is 90.9 Å². The number of aryl methyl sites for hydroxylation is 1.